The van der Waals surface area contributed by atoms with E-state index in [1.165, 1.54) is 0 Å². The van der Waals surface area contributed by atoms with Gasteiger partial charge in [-0.15, -0.1) is 0 Å². The molecule has 0 bridgehead atoms. The van der Waals surface area contributed by atoms with Crippen molar-refractivity contribution in [2.24, 2.45) is 5.73 Å². The third-order valence-electron chi connectivity index (χ3n) is 2.91. The number of nitrogens with one attached hydrogen (secondary N) is 1. The van der Waals surface area contributed by atoms with Crippen LogP contribution in [0.25, 0.3) is 0 Å². The quantitative estimate of drug-likeness (QED) is 0.582. The number of hydrogen-bond donors (Lipinski definition) is 3. The number of amides is 1. The largest absolute Gasteiger partial charge is 0.395 e. The average Bonchev–Trinajstić information content (AvgIpc) is 3.01. The molecule has 1 fully saturated rings. The Kier molecular flexibility index (Phi) is 5.08. The molecule has 0 heterocycles. The summed E-state index contributed by atoms with van der Waals surface area (Å²) in [5.41, 5.74) is 4.84. The lowest BCUT2D eigenvalue weighted by molar-refractivity contribution is -0.124. The lowest BCUT2D eigenvalue weighted by Gasteiger charge is -2.27. The molecule has 0 saturated heterocycles. The Bertz CT molecular complexity index is 246. The number of primary amides is 1. The molecule has 16 heavy (non-hydrogen) atoms. The maximum Gasteiger partial charge on any atom is 0.237 e. The first-order chi connectivity index (χ1) is 7.48. The van der Waals surface area contributed by atoms with Crippen LogP contribution in [0.2, 0.25) is 0 Å². The number of carbonyl (C=O) groups is 1. The SMILES string of the molecule is CC(CO)SCCC(C)(NC1CC1)C(N)=O. The van der Waals surface area contributed by atoms with Gasteiger partial charge in [-0.3, -0.25) is 4.79 Å². The van der Waals surface area contributed by atoms with E-state index in [-0.39, 0.29) is 17.8 Å². The Morgan fingerprint density at radius 3 is 2.75 bits per heavy atom. The van der Waals surface area contributed by atoms with Crippen LogP contribution in [0.15, 0.2) is 0 Å². The topological polar surface area (TPSA) is 75.3 Å². The van der Waals surface area contributed by atoms with Crippen LogP contribution >= 0.6 is 11.8 Å². The van der Waals surface area contributed by atoms with E-state index in [1.807, 2.05) is 13.8 Å². The van der Waals surface area contributed by atoms with Gasteiger partial charge in [0.05, 0.1) is 12.1 Å². The second-order valence-corrected chi connectivity index (χ2v) is 6.28. The van der Waals surface area contributed by atoms with Crippen molar-refractivity contribution in [2.45, 2.75) is 49.9 Å². The number of rotatable bonds is 8. The van der Waals surface area contributed by atoms with Crippen LogP contribution < -0.4 is 11.1 Å². The van der Waals surface area contributed by atoms with Crippen molar-refractivity contribution in [2.75, 3.05) is 12.4 Å². The molecule has 1 saturated carbocycles. The van der Waals surface area contributed by atoms with Crippen LogP contribution in [-0.4, -0.2) is 40.2 Å². The highest BCUT2D eigenvalue weighted by atomic mass is 32.2. The summed E-state index contributed by atoms with van der Waals surface area (Å²) in [6.07, 6.45) is 3.00. The van der Waals surface area contributed by atoms with E-state index in [2.05, 4.69) is 5.32 Å². The molecule has 0 aromatic rings. The van der Waals surface area contributed by atoms with Gasteiger partial charge in [-0.25, -0.2) is 0 Å². The maximum absolute atomic E-state index is 11.4. The molecule has 1 rings (SSSR count). The van der Waals surface area contributed by atoms with Crippen LogP contribution in [-0.2, 0) is 4.79 Å². The highest BCUT2D eigenvalue weighted by Crippen LogP contribution is 2.25. The summed E-state index contributed by atoms with van der Waals surface area (Å²) in [7, 11) is 0. The van der Waals surface area contributed by atoms with Crippen molar-refractivity contribution in [1.29, 1.82) is 0 Å². The van der Waals surface area contributed by atoms with Gasteiger partial charge in [-0.2, -0.15) is 11.8 Å². The fourth-order valence-corrected chi connectivity index (χ4v) is 2.50. The Labute approximate surface area is 101 Å². The second kappa shape index (κ2) is 5.89. The van der Waals surface area contributed by atoms with Gasteiger partial charge >= 0.3 is 0 Å². The number of carbonyl (C=O) groups excluding carboxylic acids is 1. The van der Waals surface area contributed by atoms with Crippen LogP contribution in [0.4, 0.5) is 0 Å². The van der Waals surface area contributed by atoms with Gasteiger partial charge in [-0.05, 0) is 31.9 Å². The Morgan fingerprint density at radius 1 is 1.69 bits per heavy atom. The zero-order valence-corrected chi connectivity index (χ0v) is 10.8. The smallest absolute Gasteiger partial charge is 0.237 e. The summed E-state index contributed by atoms with van der Waals surface area (Å²) in [6, 6.07) is 0.470. The molecule has 1 aliphatic rings. The molecule has 1 aliphatic carbocycles. The van der Waals surface area contributed by atoms with Gasteiger partial charge in [0, 0.05) is 11.3 Å². The number of aliphatic hydroxyl groups excluding tert-OH is 1. The van der Waals surface area contributed by atoms with Gasteiger partial charge in [0.15, 0.2) is 0 Å². The number of aliphatic hydroxyl groups is 1. The Balaban J connectivity index is 2.34. The molecule has 2 unspecified atom stereocenters. The van der Waals surface area contributed by atoms with E-state index in [9.17, 15) is 4.79 Å². The molecule has 0 aromatic carbocycles. The molecule has 1 amide bonds. The van der Waals surface area contributed by atoms with Crippen molar-refractivity contribution in [3.8, 4) is 0 Å². The zero-order chi connectivity index (χ0) is 12.2. The standard InChI is InChI=1S/C11H22N2O2S/c1-8(7-14)16-6-5-11(2,10(12)15)13-9-3-4-9/h8-9,13-14H,3-7H2,1-2H3,(H2,12,15). The predicted octanol–water partition coefficient (Wildman–Crippen LogP) is 0.487. The zero-order valence-electron chi connectivity index (χ0n) is 10.0. The number of thioether (sulfide) groups is 1. The van der Waals surface area contributed by atoms with Crippen molar-refractivity contribution >= 4 is 17.7 Å². The summed E-state index contributed by atoms with van der Waals surface area (Å²) in [5, 5.41) is 12.4. The van der Waals surface area contributed by atoms with E-state index in [1.54, 1.807) is 11.8 Å². The summed E-state index contributed by atoms with van der Waals surface area (Å²) in [6.45, 7) is 4.02. The van der Waals surface area contributed by atoms with Crippen molar-refractivity contribution < 1.29 is 9.90 Å². The normalized spacial score (nSPS) is 21.4. The monoisotopic (exact) mass is 246 g/mol. The summed E-state index contributed by atoms with van der Waals surface area (Å²) < 4.78 is 0. The van der Waals surface area contributed by atoms with E-state index >= 15 is 0 Å². The molecule has 94 valence electrons. The fraction of sp³-hybridized carbons (Fsp3) is 0.909. The summed E-state index contributed by atoms with van der Waals surface area (Å²) >= 11 is 1.67. The minimum atomic E-state index is -0.594. The molecule has 0 radical (unpaired) electrons. The highest BCUT2D eigenvalue weighted by molar-refractivity contribution is 7.99. The fourth-order valence-electron chi connectivity index (χ4n) is 1.46. The predicted molar refractivity (Wildman–Crippen MR) is 67.4 cm³/mol. The van der Waals surface area contributed by atoms with Gasteiger partial charge < -0.3 is 16.2 Å². The molecule has 5 heteroatoms. The van der Waals surface area contributed by atoms with Crippen LogP contribution in [0, 0.1) is 0 Å². The lowest BCUT2D eigenvalue weighted by Crippen LogP contribution is -2.54. The number of nitrogens with two attached hydrogens (primary N) is 1. The van der Waals surface area contributed by atoms with Gasteiger partial charge in [0.2, 0.25) is 5.91 Å². The Morgan fingerprint density at radius 2 is 2.31 bits per heavy atom. The van der Waals surface area contributed by atoms with E-state index in [4.69, 9.17) is 10.8 Å². The molecule has 0 spiro atoms. The van der Waals surface area contributed by atoms with E-state index in [0.29, 0.717) is 12.5 Å². The van der Waals surface area contributed by atoms with Gasteiger partial charge in [0.1, 0.15) is 0 Å². The van der Waals surface area contributed by atoms with Crippen LogP contribution in [0.5, 0.6) is 0 Å². The van der Waals surface area contributed by atoms with Gasteiger partial charge in [-0.1, -0.05) is 6.92 Å². The second-order valence-electron chi connectivity index (χ2n) is 4.73. The van der Waals surface area contributed by atoms with Crippen LogP contribution in [0.3, 0.4) is 0 Å². The molecule has 4 nitrogen and oxygen atoms in total. The van der Waals surface area contributed by atoms with Crippen molar-refractivity contribution in [3.63, 3.8) is 0 Å². The van der Waals surface area contributed by atoms with Crippen molar-refractivity contribution in [3.05, 3.63) is 0 Å². The minimum absolute atomic E-state index is 0.175. The third kappa shape index (κ3) is 4.31. The lowest BCUT2D eigenvalue weighted by atomic mass is 9.98. The molecular weight excluding hydrogens is 224 g/mol. The molecule has 0 aliphatic heterocycles. The number of hydrogen-bond acceptors (Lipinski definition) is 4. The molecule has 4 N–H and O–H groups in total. The summed E-state index contributed by atoms with van der Waals surface area (Å²) in [4.78, 5) is 11.4. The van der Waals surface area contributed by atoms with Crippen LogP contribution in [0.1, 0.15) is 33.1 Å². The Hall–Kier alpha value is -0.260. The minimum Gasteiger partial charge on any atom is -0.395 e. The third-order valence-corrected chi connectivity index (χ3v) is 4.06. The first-order valence-electron chi connectivity index (χ1n) is 5.78. The molecule has 2 atom stereocenters. The molecular formula is C11H22N2O2S. The van der Waals surface area contributed by atoms with Crippen molar-refractivity contribution in [1.82, 2.24) is 5.32 Å². The summed E-state index contributed by atoms with van der Waals surface area (Å²) in [5.74, 6) is 0.553. The highest BCUT2D eigenvalue weighted by Gasteiger charge is 2.36. The van der Waals surface area contributed by atoms with E-state index in [0.717, 1.165) is 18.6 Å². The van der Waals surface area contributed by atoms with Gasteiger partial charge in [0.25, 0.3) is 0 Å². The first-order valence-corrected chi connectivity index (χ1v) is 6.83. The maximum atomic E-state index is 11.4. The molecule has 0 aromatic heterocycles. The van der Waals surface area contributed by atoms with E-state index < -0.39 is 5.54 Å². The average molecular weight is 246 g/mol. The first kappa shape index (κ1) is 13.8.